The molecule has 1 heterocycles. The summed E-state index contributed by atoms with van der Waals surface area (Å²) in [6.07, 6.45) is 0. The smallest absolute Gasteiger partial charge is 0.130 e. The summed E-state index contributed by atoms with van der Waals surface area (Å²) in [5.41, 5.74) is 2.39. The van der Waals surface area contributed by atoms with Crippen LogP contribution in [0.25, 0.3) is 0 Å². The van der Waals surface area contributed by atoms with Crippen molar-refractivity contribution < 1.29 is 0 Å². The van der Waals surface area contributed by atoms with Crippen LogP contribution in [-0.4, -0.2) is 23.4 Å². The lowest BCUT2D eigenvalue weighted by Gasteiger charge is -2.18. The van der Waals surface area contributed by atoms with Crippen LogP contribution in [0.4, 0.5) is 5.82 Å². The summed E-state index contributed by atoms with van der Waals surface area (Å²) in [7, 11) is 4.07. The zero-order valence-corrected chi connectivity index (χ0v) is 10.2. The lowest BCUT2D eigenvalue weighted by molar-refractivity contribution is 0.733. The lowest BCUT2D eigenvalue weighted by Crippen LogP contribution is -2.20. The Hall–Kier alpha value is -0.510. The van der Waals surface area contributed by atoms with Gasteiger partial charge in [0.15, 0.2) is 0 Å². The third-order valence-electron chi connectivity index (χ3n) is 2.28. The van der Waals surface area contributed by atoms with Gasteiger partial charge in [-0.2, -0.15) is 5.10 Å². The Kier molecular flexibility index (Phi) is 3.36. The van der Waals surface area contributed by atoms with Crippen molar-refractivity contribution >= 4 is 21.7 Å². The predicted octanol–water partition coefficient (Wildman–Crippen LogP) is 2.08. The number of halogens is 1. The standard InChI is InChI=1S/C9H16BrN3/c1-5-12(3)9-8(6-10)7(2)11-13(9)4/h5-6H2,1-4H3. The molecule has 0 saturated heterocycles. The highest BCUT2D eigenvalue weighted by Crippen LogP contribution is 2.24. The lowest BCUT2D eigenvalue weighted by atomic mass is 10.2. The SMILES string of the molecule is CCN(C)c1c(CBr)c(C)nn1C. The van der Waals surface area contributed by atoms with E-state index in [1.165, 1.54) is 11.4 Å². The van der Waals surface area contributed by atoms with E-state index in [0.717, 1.165) is 17.6 Å². The fraction of sp³-hybridized carbons (Fsp3) is 0.667. The summed E-state index contributed by atoms with van der Waals surface area (Å²) in [5.74, 6) is 1.21. The molecular weight excluding hydrogens is 230 g/mol. The molecule has 0 spiro atoms. The van der Waals surface area contributed by atoms with E-state index >= 15 is 0 Å². The Bertz CT molecular complexity index is 293. The van der Waals surface area contributed by atoms with Crippen LogP contribution in [0.15, 0.2) is 0 Å². The van der Waals surface area contributed by atoms with Crippen LogP contribution >= 0.6 is 15.9 Å². The quantitative estimate of drug-likeness (QED) is 0.761. The van der Waals surface area contributed by atoms with Crippen molar-refractivity contribution in [1.29, 1.82) is 0 Å². The van der Waals surface area contributed by atoms with E-state index < -0.39 is 0 Å². The largest absolute Gasteiger partial charge is 0.360 e. The normalized spacial score (nSPS) is 10.5. The number of hydrogen-bond donors (Lipinski definition) is 0. The van der Waals surface area contributed by atoms with Gasteiger partial charge >= 0.3 is 0 Å². The molecule has 0 aliphatic heterocycles. The first-order valence-corrected chi connectivity index (χ1v) is 5.53. The van der Waals surface area contributed by atoms with Gasteiger partial charge in [-0.15, -0.1) is 0 Å². The van der Waals surface area contributed by atoms with Gasteiger partial charge in [0.2, 0.25) is 0 Å². The minimum atomic E-state index is 0.867. The van der Waals surface area contributed by atoms with Crippen LogP contribution in [0.5, 0.6) is 0 Å². The average Bonchev–Trinajstić information content (AvgIpc) is 2.39. The monoisotopic (exact) mass is 245 g/mol. The number of nitrogens with zero attached hydrogens (tertiary/aromatic N) is 3. The summed E-state index contributed by atoms with van der Waals surface area (Å²) >= 11 is 3.49. The van der Waals surface area contributed by atoms with Gasteiger partial charge in [-0.1, -0.05) is 15.9 Å². The Morgan fingerprint density at radius 3 is 2.62 bits per heavy atom. The van der Waals surface area contributed by atoms with Crippen LogP contribution in [0.1, 0.15) is 18.2 Å². The zero-order valence-electron chi connectivity index (χ0n) is 8.63. The minimum absolute atomic E-state index is 0.867. The molecule has 0 unspecified atom stereocenters. The van der Waals surface area contributed by atoms with Gasteiger partial charge in [0.25, 0.3) is 0 Å². The molecule has 0 amide bonds. The summed E-state index contributed by atoms with van der Waals surface area (Å²) in [5, 5.41) is 5.26. The second-order valence-electron chi connectivity index (χ2n) is 3.16. The van der Waals surface area contributed by atoms with E-state index in [0.29, 0.717) is 0 Å². The Morgan fingerprint density at radius 1 is 1.54 bits per heavy atom. The van der Waals surface area contributed by atoms with Crippen LogP contribution in [0, 0.1) is 6.92 Å². The Morgan fingerprint density at radius 2 is 2.15 bits per heavy atom. The number of aromatic nitrogens is 2. The second kappa shape index (κ2) is 4.13. The van der Waals surface area contributed by atoms with E-state index in [1.807, 2.05) is 18.7 Å². The van der Waals surface area contributed by atoms with Crippen molar-refractivity contribution in [3.8, 4) is 0 Å². The molecule has 0 fully saturated rings. The number of alkyl halides is 1. The van der Waals surface area contributed by atoms with Crippen molar-refractivity contribution in [1.82, 2.24) is 9.78 Å². The van der Waals surface area contributed by atoms with Crippen LogP contribution < -0.4 is 4.90 Å². The summed E-state index contributed by atoms with van der Waals surface area (Å²) in [4.78, 5) is 2.20. The Balaban J connectivity index is 3.16. The van der Waals surface area contributed by atoms with Crippen LogP contribution in [0.3, 0.4) is 0 Å². The average molecular weight is 246 g/mol. The maximum Gasteiger partial charge on any atom is 0.130 e. The molecule has 0 atom stereocenters. The molecular formula is C9H16BrN3. The number of hydrogen-bond acceptors (Lipinski definition) is 2. The first-order valence-electron chi connectivity index (χ1n) is 4.41. The summed E-state index contributed by atoms with van der Waals surface area (Å²) in [6, 6.07) is 0. The molecule has 0 radical (unpaired) electrons. The summed E-state index contributed by atoms with van der Waals surface area (Å²) in [6.45, 7) is 5.18. The first kappa shape index (κ1) is 10.6. The van der Waals surface area contributed by atoms with Gasteiger partial charge in [0.05, 0.1) is 5.69 Å². The van der Waals surface area contributed by atoms with Gasteiger partial charge < -0.3 is 4.90 Å². The molecule has 0 bridgehead atoms. The molecule has 0 aromatic carbocycles. The highest BCUT2D eigenvalue weighted by molar-refractivity contribution is 9.08. The molecule has 0 aliphatic carbocycles. The topological polar surface area (TPSA) is 21.1 Å². The molecule has 13 heavy (non-hydrogen) atoms. The minimum Gasteiger partial charge on any atom is -0.360 e. The molecule has 3 nitrogen and oxygen atoms in total. The second-order valence-corrected chi connectivity index (χ2v) is 3.72. The number of aryl methyl sites for hydroxylation is 2. The molecule has 0 N–H and O–H groups in total. The van der Waals surface area contributed by atoms with Crippen molar-refractivity contribution in [3.05, 3.63) is 11.3 Å². The van der Waals surface area contributed by atoms with Crippen molar-refractivity contribution in [3.63, 3.8) is 0 Å². The number of rotatable bonds is 3. The van der Waals surface area contributed by atoms with E-state index in [9.17, 15) is 0 Å². The highest BCUT2D eigenvalue weighted by atomic mass is 79.9. The van der Waals surface area contributed by atoms with Crippen LogP contribution in [-0.2, 0) is 12.4 Å². The molecule has 1 rings (SSSR count). The van der Waals surface area contributed by atoms with Gasteiger partial charge in [-0.3, -0.25) is 4.68 Å². The maximum atomic E-state index is 4.40. The Labute approximate surface area is 87.9 Å². The highest BCUT2D eigenvalue weighted by Gasteiger charge is 2.14. The van der Waals surface area contributed by atoms with E-state index in [-0.39, 0.29) is 0 Å². The predicted molar refractivity (Wildman–Crippen MR) is 59.5 cm³/mol. The molecule has 1 aromatic rings. The van der Waals surface area contributed by atoms with E-state index in [1.54, 1.807) is 0 Å². The third-order valence-corrected chi connectivity index (χ3v) is 2.84. The first-order chi connectivity index (χ1) is 6.11. The molecule has 4 heteroatoms. The van der Waals surface area contributed by atoms with Gasteiger partial charge in [-0.05, 0) is 13.8 Å². The number of anilines is 1. The molecule has 0 saturated carbocycles. The summed E-state index contributed by atoms with van der Waals surface area (Å²) < 4.78 is 1.94. The molecule has 0 aliphatic rings. The van der Waals surface area contributed by atoms with Gasteiger partial charge in [0, 0.05) is 31.5 Å². The fourth-order valence-corrected chi connectivity index (χ4v) is 2.13. The van der Waals surface area contributed by atoms with E-state index in [4.69, 9.17) is 0 Å². The van der Waals surface area contributed by atoms with Crippen LogP contribution in [0.2, 0.25) is 0 Å². The van der Waals surface area contributed by atoms with Gasteiger partial charge in [-0.25, -0.2) is 0 Å². The maximum absolute atomic E-state index is 4.40. The zero-order chi connectivity index (χ0) is 10.0. The van der Waals surface area contributed by atoms with E-state index in [2.05, 4.69) is 39.9 Å². The van der Waals surface area contributed by atoms with Crippen molar-refractivity contribution in [2.24, 2.45) is 7.05 Å². The van der Waals surface area contributed by atoms with Gasteiger partial charge in [0.1, 0.15) is 5.82 Å². The van der Waals surface area contributed by atoms with Crippen molar-refractivity contribution in [2.75, 3.05) is 18.5 Å². The third kappa shape index (κ3) is 1.88. The van der Waals surface area contributed by atoms with Crippen molar-refractivity contribution in [2.45, 2.75) is 19.2 Å². The molecule has 1 aromatic heterocycles. The fourth-order valence-electron chi connectivity index (χ4n) is 1.47. The molecule has 74 valence electrons.